The van der Waals surface area contributed by atoms with Crippen molar-refractivity contribution in [3.05, 3.63) is 78.4 Å². The highest BCUT2D eigenvalue weighted by molar-refractivity contribution is 7.89. The van der Waals surface area contributed by atoms with Gasteiger partial charge in [-0.15, -0.1) is 0 Å². The van der Waals surface area contributed by atoms with Gasteiger partial charge in [0.25, 0.3) is 0 Å². The maximum Gasteiger partial charge on any atom is 0.327 e. The molecule has 814 valence electrons. The zero-order valence-electron chi connectivity index (χ0n) is 84.0. The van der Waals surface area contributed by atoms with E-state index in [1.54, 1.807) is 46.9 Å². The number of anilines is 1. The number of aliphatic imine (C=N–C) groups is 2. The molecule has 146 heavy (non-hydrogen) atoms. The van der Waals surface area contributed by atoms with Crippen molar-refractivity contribution in [2.75, 3.05) is 77.7 Å². The number of unbranched alkanes of at least 4 members (excludes halogenated alkanes) is 2. The topological polar surface area (TPSA) is 864 Å². The number of aliphatic hydroxyl groups is 2. The van der Waals surface area contributed by atoms with E-state index in [0.717, 1.165) is 12.6 Å². The van der Waals surface area contributed by atoms with Gasteiger partial charge in [-0.25, -0.2) is 13.2 Å². The van der Waals surface area contributed by atoms with E-state index in [9.17, 15) is 125 Å². The molecular weight excluding hydrogens is 1950 g/mol. The molecule has 0 saturated carbocycles. The normalized spacial score (nSPS) is 14.3. The van der Waals surface area contributed by atoms with E-state index in [1.165, 1.54) is 62.4 Å². The lowest BCUT2D eigenvalue weighted by Gasteiger charge is -2.29. The predicted octanol–water partition coefficient (Wildman–Crippen LogP) is -5.55. The number of rotatable bonds is 67. The highest BCUT2D eigenvalue weighted by atomic mass is 32.2. The lowest BCUT2D eigenvalue weighted by molar-refractivity contribution is -0.142. The summed E-state index contributed by atoms with van der Waals surface area (Å²) in [5.41, 5.74) is 35.2. The molecule has 15 atom stereocenters. The fourth-order valence-electron chi connectivity index (χ4n) is 13.6. The number of nitrogens with two attached hydrogens (primary N) is 6. The second kappa shape index (κ2) is 66.9. The average molecular weight is 2100 g/mol. The van der Waals surface area contributed by atoms with E-state index < -0.39 is 246 Å². The van der Waals surface area contributed by atoms with Crippen LogP contribution in [0.25, 0.3) is 0 Å². The molecule has 0 aliphatic rings. The van der Waals surface area contributed by atoms with E-state index in [2.05, 4.69) is 117 Å². The Balaban J connectivity index is 0.00000100. The number of carboxylic acid groups (broad SMARTS) is 3. The number of hydrogen-bond donors (Lipinski definition) is 29. The van der Waals surface area contributed by atoms with Crippen molar-refractivity contribution in [1.29, 1.82) is 0 Å². The van der Waals surface area contributed by atoms with Crippen molar-refractivity contribution in [2.24, 2.45) is 72.4 Å². The number of sulfonamides is 1. The number of phenols is 1. The first-order valence-corrected chi connectivity index (χ1v) is 49.2. The number of likely N-dealkylation sites (N-methyl/N-ethyl adjacent to an activating group) is 1. The minimum absolute atomic E-state index is 0.0119. The molecule has 0 saturated heterocycles. The molecule has 0 heterocycles. The number of Topliss-reactive ketones (excluding diaryl/α,β-unsaturated/α-hetero) is 1. The minimum atomic E-state index is -4.46. The highest BCUT2D eigenvalue weighted by Crippen LogP contribution is 2.24. The number of hydrogen-bond acceptors (Lipinski definition) is 32. The second-order valence-electron chi connectivity index (χ2n) is 35.6. The number of carbonyl (C=O) groups is 18. The summed E-state index contributed by atoms with van der Waals surface area (Å²) >= 11 is 3.89. The molecule has 0 spiro atoms. The fraction of sp³-hybridized carbons (Fsp3) is 0.582. The van der Waals surface area contributed by atoms with Gasteiger partial charge in [0.2, 0.25) is 92.7 Å². The molecule has 14 amide bonds. The summed E-state index contributed by atoms with van der Waals surface area (Å²) in [6.45, 7) is 12.3. The highest BCUT2D eigenvalue weighted by Gasteiger charge is 2.39. The number of nitrogens with zero attached hydrogens (tertiary/aromatic N) is 5. The van der Waals surface area contributed by atoms with Crippen molar-refractivity contribution < 1.29 is 125 Å². The lowest BCUT2D eigenvalue weighted by Crippen LogP contribution is -2.61. The van der Waals surface area contributed by atoms with Crippen LogP contribution in [0.5, 0.6) is 5.75 Å². The van der Waals surface area contributed by atoms with Gasteiger partial charge in [-0.1, -0.05) is 53.7 Å². The number of carboxylic acids is 3. The number of nitrogens with one attached hydrogen (secondary N) is 16. The number of azo groups is 1. The third kappa shape index (κ3) is 50.6. The molecule has 0 aliphatic carbocycles. The predicted molar refractivity (Wildman–Crippen MR) is 540 cm³/mol. The summed E-state index contributed by atoms with van der Waals surface area (Å²) in [4.78, 5) is 242. The van der Waals surface area contributed by atoms with E-state index in [4.69, 9.17) is 34.4 Å². The first kappa shape index (κ1) is 128. The van der Waals surface area contributed by atoms with Gasteiger partial charge in [-0.2, -0.15) is 27.6 Å². The van der Waals surface area contributed by atoms with Gasteiger partial charge >= 0.3 is 17.9 Å². The molecule has 55 heteroatoms. The Bertz CT molecular complexity index is 5010. The van der Waals surface area contributed by atoms with Crippen LogP contribution in [0, 0.1) is 17.8 Å². The largest absolute Gasteiger partial charge is 0.508 e. The quantitative estimate of drug-likeness (QED) is 0.00824. The molecule has 0 radical (unpaired) electrons. The van der Waals surface area contributed by atoms with Gasteiger partial charge in [0, 0.05) is 45.2 Å². The number of phenolic OH excluding ortho intramolecular Hbond substituents is 1. The number of aliphatic hydroxyl groups excluding tert-OH is 2. The van der Waals surface area contributed by atoms with Crippen LogP contribution >= 0.6 is 12.6 Å². The minimum Gasteiger partial charge on any atom is -0.508 e. The first-order valence-electron chi connectivity index (χ1n) is 47.1. The zero-order chi connectivity index (χ0) is 110. The summed E-state index contributed by atoms with van der Waals surface area (Å²) in [7, 11) is 0.948. The number of carbonyl (C=O) groups excluding carboxylic acids is 15. The maximum absolute atomic E-state index is 14.3. The van der Waals surface area contributed by atoms with Gasteiger partial charge < -0.3 is 150 Å². The third-order valence-corrected chi connectivity index (χ3v) is 23.4. The van der Waals surface area contributed by atoms with Crippen molar-refractivity contribution in [3.63, 3.8) is 0 Å². The second-order valence-corrected chi connectivity index (χ2v) is 37.6. The number of aromatic hydroxyl groups is 1. The Kier molecular flexibility index (Phi) is 58.8. The molecule has 1 unspecified atom stereocenters. The molecule has 0 bridgehead atoms. The van der Waals surface area contributed by atoms with Crippen LogP contribution in [0.4, 0.5) is 17.1 Å². The maximum atomic E-state index is 14.3. The number of thiol groups is 1. The van der Waals surface area contributed by atoms with Crippen LogP contribution in [0.2, 0.25) is 0 Å². The van der Waals surface area contributed by atoms with Crippen molar-refractivity contribution >= 4 is 158 Å². The van der Waals surface area contributed by atoms with E-state index >= 15 is 0 Å². The standard InChI is InChI=1S/C52H75N13O13S.C39H72N14O13S/c1-28(2)25-40(48(73)60-44(29(3)4)51(76)59-41(27-43(69)70)49(74)61-45(31(6)66)32(7)67)58-46(71)30(5)56-47(72)39(11-10-24-55-52(53)54)57-50(75)42(26-33-12-20-37(68)21-13-33)64-79(77,78)38-22-16-35(17-23-38)63-62-34-14-18-36(19-15-34)65(8)9;1-21(2)15-25(44-3)36(63)52-24(10-4-6-12-40)35(62)51-23(33(60)48-18-30(56)50-28(20-67)38(65)66)11-5-7-13-45-34(61)27(19-54)53-37(64)26(16-31(57)58)49-29(55)17-47-32(59)22(41)9-8-14-46-39(42)43/h12-23,28-31,39-42,44-45,64,66,68H,10-11,24-27H2,1-9H3,(H,56,72)(H,57,75)(H,58,71)(H,59,76)(H,60,73)(H,61,74)(H,69,70)(H4,53,54,55);21-28,44,54,67H,4-20,40-41H2,1-3H3,(H,45,61)(H,47,59)(H,48,60)(H,49,55)(H,50,56)(H,51,62)(H,52,63)(H,53,64)(H,57,58)(H,65,66)(H4,42,43,46)/t30-,31?,39-,40-,41-,42-,44-,45-;22-,23-,24-,25-,26-,27-,28-/m00/s1. The third-order valence-electron chi connectivity index (χ3n) is 21.5. The molecule has 53 nitrogen and oxygen atoms in total. The van der Waals surface area contributed by atoms with E-state index in [0.29, 0.717) is 49.2 Å². The fourth-order valence-corrected chi connectivity index (χ4v) is 15.0. The molecule has 3 rings (SSSR count). The number of amides is 14. The SMILES string of the molecule is CC(=O)[C@@H](NC(=O)[C@H](CC(=O)O)NC(=O)[C@@H](NC(=O)[C@H](CC(C)C)NC(=O)[C@H](C)NC(=O)[C@H](CCCN=C(N)N)NC(=O)[C@H](Cc1ccc(O)cc1)NS(=O)(=O)c1ccc(N=Nc2ccc(N(C)C)cc2)cc1)C(C)C)C(C)O.CN[C@@H](CC(C)C)C(=O)N[C@@H](CCCCN)C(=O)N[C@@H](CCCCNC(=O)[C@H](CO)NC(=O)[C@H](CC(=O)O)NC(=O)CNC(=O)[C@@H](N)CCCN=C(N)N)C(=O)NCC(=O)N[C@@H](CS)C(=O)O. The van der Waals surface area contributed by atoms with Gasteiger partial charge in [0.1, 0.15) is 78.3 Å². The van der Waals surface area contributed by atoms with Gasteiger partial charge in [0.15, 0.2) is 17.7 Å². The van der Waals surface area contributed by atoms with Crippen molar-refractivity contribution in [1.82, 2.24) is 84.5 Å². The average Bonchev–Trinajstić information content (AvgIpc) is 0.809. The van der Waals surface area contributed by atoms with Gasteiger partial charge in [-0.05, 0) is 202 Å². The molecule has 3 aromatic carbocycles. The lowest BCUT2D eigenvalue weighted by atomic mass is 9.99. The summed E-state index contributed by atoms with van der Waals surface area (Å²) in [5.74, 6) is -18.6. The summed E-state index contributed by atoms with van der Waals surface area (Å²) in [6, 6.07) is -0.604. The van der Waals surface area contributed by atoms with Crippen LogP contribution in [0.15, 0.2) is 97.9 Å². The Hall–Kier alpha value is -13.9. The van der Waals surface area contributed by atoms with Gasteiger partial charge in [-0.3, -0.25) is 91.5 Å². The van der Waals surface area contributed by atoms with E-state index in [1.807, 2.05) is 45.0 Å². The monoisotopic (exact) mass is 2100 g/mol. The Morgan fingerprint density at radius 2 is 0.870 bits per heavy atom. The molecule has 0 aliphatic heterocycles. The summed E-state index contributed by atoms with van der Waals surface area (Å²) < 4.78 is 30.3. The molecule has 3 aromatic rings. The Labute approximate surface area is 852 Å². The van der Waals surface area contributed by atoms with Crippen molar-refractivity contribution in [3.8, 4) is 5.75 Å². The van der Waals surface area contributed by atoms with Gasteiger partial charge in [0.05, 0.1) is 67.0 Å². The van der Waals surface area contributed by atoms with Crippen molar-refractivity contribution in [2.45, 2.75) is 254 Å². The number of ketones is 1. The molecular formula is C91H147N27O26S2. The first-order chi connectivity index (χ1) is 68.6. The van der Waals surface area contributed by atoms with Crippen LogP contribution in [0.1, 0.15) is 158 Å². The van der Waals surface area contributed by atoms with Crippen LogP contribution in [-0.2, 0) is 103 Å². The zero-order valence-corrected chi connectivity index (χ0v) is 85.7. The summed E-state index contributed by atoms with van der Waals surface area (Å²) in [6.07, 6.45) is -1.05. The van der Waals surface area contributed by atoms with Crippen LogP contribution in [-0.4, -0.2) is 321 Å². The number of aliphatic carboxylic acids is 3. The Morgan fingerprint density at radius 1 is 0.452 bits per heavy atom. The van der Waals surface area contributed by atoms with E-state index in [-0.39, 0.29) is 118 Å². The smallest absolute Gasteiger partial charge is 0.327 e. The number of guanidine groups is 2. The Morgan fingerprint density at radius 3 is 1.34 bits per heavy atom. The molecule has 0 fully saturated rings. The van der Waals surface area contributed by atoms with Crippen LogP contribution < -0.4 is 124 Å². The summed E-state index contributed by atoms with van der Waals surface area (Å²) in [5, 5.41) is 103. The van der Waals surface area contributed by atoms with Crippen LogP contribution in [0.3, 0.4) is 0 Å². The number of benzene rings is 3. The molecule has 0 aromatic heterocycles. The molecule has 34 N–H and O–H groups in total.